The zero-order valence-corrected chi connectivity index (χ0v) is 9.97. The van der Waals surface area contributed by atoms with Crippen molar-refractivity contribution in [2.45, 2.75) is 33.0 Å². The van der Waals surface area contributed by atoms with Gasteiger partial charge in [0.15, 0.2) is 0 Å². The fourth-order valence-corrected chi connectivity index (χ4v) is 1.56. The van der Waals surface area contributed by atoms with E-state index in [1.807, 2.05) is 13.0 Å². The van der Waals surface area contributed by atoms with Crippen LogP contribution in [0.15, 0.2) is 24.7 Å². The first-order chi connectivity index (χ1) is 8.19. The van der Waals surface area contributed by atoms with Crippen molar-refractivity contribution in [3.05, 3.63) is 30.4 Å². The summed E-state index contributed by atoms with van der Waals surface area (Å²) in [6, 6.07) is 1.83. The molecule has 0 N–H and O–H groups in total. The molecule has 2 aromatic rings. The van der Waals surface area contributed by atoms with Crippen LogP contribution < -0.4 is 0 Å². The maximum atomic E-state index is 12.8. The van der Waals surface area contributed by atoms with Crippen LogP contribution in [0.4, 0.5) is 4.39 Å². The molecule has 0 bridgehead atoms. The van der Waals surface area contributed by atoms with Gasteiger partial charge in [0.25, 0.3) is 0 Å². The standard InChI is InChI=1S/C12H15FN4/c1-3-10-6-14-7-12(15-10)11-4-5-17(16-11)8-9(2)13/h4-7,9H,3,8H2,1-2H3. The number of rotatable bonds is 4. The van der Waals surface area contributed by atoms with Gasteiger partial charge in [0.1, 0.15) is 17.6 Å². The van der Waals surface area contributed by atoms with E-state index in [2.05, 4.69) is 15.1 Å². The third kappa shape index (κ3) is 2.87. The number of alkyl halides is 1. The van der Waals surface area contributed by atoms with Crippen molar-refractivity contribution >= 4 is 0 Å². The molecule has 2 rings (SSSR count). The molecule has 0 saturated heterocycles. The SMILES string of the molecule is CCc1cncc(-c2ccn(CC(C)F)n2)n1. The lowest BCUT2D eigenvalue weighted by atomic mass is 10.3. The largest absolute Gasteiger partial charge is 0.269 e. The van der Waals surface area contributed by atoms with Crippen LogP contribution in [0.5, 0.6) is 0 Å². The summed E-state index contributed by atoms with van der Waals surface area (Å²) in [7, 11) is 0. The summed E-state index contributed by atoms with van der Waals surface area (Å²) in [5, 5.41) is 4.27. The monoisotopic (exact) mass is 234 g/mol. The molecule has 0 amide bonds. The lowest BCUT2D eigenvalue weighted by Gasteiger charge is -2.01. The van der Waals surface area contributed by atoms with Crippen LogP contribution >= 0.6 is 0 Å². The Morgan fingerprint density at radius 1 is 1.35 bits per heavy atom. The predicted octanol–water partition coefficient (Wildman–Crippen LogP) is 2.26. The average molecular weight is 234 g/mol. The van der Waals surface area contributed by atoms with E-state index in [0.29, 0.717) is 0 Å². The highest BCUT2D eigenvalue weighted by molar-refractivity contribution is 5.51. The summed E-state index contributed by atoms with van der Waals surface area (Å²) >= 11 is 0. The van der Waals surface area contributed by atoms with Crippen molar-refractivity contribution in [3.63, 3.8) is 0 Å². The molecule has 0 aliphatic heterocycles. The fourth-order valence-electron chi connectivity index (χ4n) is 1.56. The highest BCUT2D eigenvalue weighted by atomic mass is 19.1. The second-order valence-electron chi connectivity index (χ2n) is 3.95. The molecule has 0 aromatic carbocycles. The molecule has 2 aromatic heterocycles. The number of hydrogen-bond donors (Lipinski definition) is 0. The van der Waals surface area contributed by atoms with Gasteiger partial charge in [-0.15, -0.1) is 0 Å². The normalized spacial score (nSPS) is 12.6. The first-order valence-corrected chi connectivity index (χ1v) is 5.68. The molecular formula is C12H15FN4. The summed E-state index contributed by atoms with van der Waals surface area (Å²) in [6.45, 7) is 3.80. The minimum Gasteiger partial charge on any atom is -0.269 e. The quantitative estimate of drug-likeness (QED) is 0.815. The van der Waals surface area contributed by atoms with E-state index in [1.54, 1.807) is 23.3 Å². The van der Waals surface area contributed by atoms with Gasteiger partial charge in [-0.1, -0.05) is 6.92 Å². The molecule has 90 valence electrons. The van der Waals surface area contributed by atoms with Gasteiger partial charge >= 0.3 is 0 Å². The number of hydrogen-bond acceptors (Lipinski definition) is 3. The Hall–Kier alpha value is -1.78. The Labute approximate surface area is 99.5 Å². The fraction of sp³-hybridized carbons (Fsp3) is 0.417. The van der Waals surface area contributed by atoms with Crippen molar-refractivity contribution in [2.75, 3.05) is 0 Å². The van der Waals surface area contributed by atoms with E-state index in [9.17, 15) is 4.39 Å². The van der Waals surface area contributed by atoms with Gasteiger partial charge in [-0.25, -0.2) is 9.37 Å². The maximum Gasteiger partial charge on any atom is 0.117 e. The summed E-state index contributed by atoms with van der Waals surface area (Å²) in [5.74, 6) is 0. The molecule has 5 heteroatoms. The van der Waals surface area contributed by atoms with E-state index in [4.69, 9.17) is 0 Å². The minimum absolute atomic E-state index is 0.265. The Morgan fingerprint density at radius 3 is 2.88 bits per heavy atom. The molecule has 17 heavy (non-hydrogen) atoms. The smallest absolute Gasteiger partial charge is 0.117 e. The Bertz CT molecular complexity index is 493. The van der Waals surface area contributed by atoms with Crippen LogP contribution in [0.1, 0.15) is 19.5 Å². The van der Waals surface area contributed by atoms with Gasteiger partial charge in [-0.3, -0.25) is 9.67 Å². The molecule has 0 aliphatic carbocycles. The van der Waals surface area contributed by atoms with Crippen molar-refractivity contribution in [3.8, 4) is 11.4 Å². The van der Waals surface area contributed by atoms with Gasteiger partial charge in [0.2, 0.25) is 0 Å². The number of nitrogens with zero attached hydrogens (tertiary/aromatic N) is 4. The van der Waals surface area contributed by atoms with Gasteiger partial charge < -0.3 is 0 Å². The average Bonchev–Trinajstić information content (AvgIpc) is 2.77. The Morgan fingerprint density at radius 2 is 2.18 bits per heavy atom. The van der Waals surface area contributed by atoms with E-state index in [1.165, 1.54) is 6.92 Å². The summed E-state index contributed by atoms with van der Waals surface area (Å²) in [6.07, 6.45) is 5.10. The van der Waals surface area contributed by atoms with Crippen molar-refractivity contribution in [2.24, 2.45) is 0 Å². The second-order valence-corrected chi connectivity index (χ2v) is 3.95. The first-order valence-electron chi connectivity index (χ1n) is 5.68. The van der Waals surface area contributed by atoms with E-state index < -0.39 is 6.17 Å². The predicted molar refractivity (Wildman–Crippen MR) is 63.2 cm³/mol. The number of aryl methyl sites for hydroxylation is 1. The molecule has 1 atom stereocenters. The van der Waals surface area contributed by atoms with Crippen LogP contribution in [-0.4, -0.2) is 25.9 Å². The number of aromatic nitrogens is 4. The van der Waals surface area contributed by atoms with E-state index in [-0.39, 0.29) is 6.54 Å². The van der Waals surface area contributed by atoms with Gasteiger partial charge in [-0.05, 0) is 19.4 Å². The zero-order valence-electron chi connectivity index (χ0n) is 9.97. The molecule has 0 radical (unpaired) electrons. The molecule has 1 unspecified atom stereocenters. The number of halogens is 1. The highest BCUT2D eigenvalue weighted by Crippen LogP contribution is 2.13. The van der Waals surface area contributed by atoms with Gasteiger partial charge in [0.05, 0.1) is 18.4 Å². The maximum absolute atomic E-state index is 12.8. The lowest BCUT2D eigenvalue weighted by molar-refractivity contribution is 0.309. The summed E-state index contributed by atoms with van der Waals surface area (Å²) in [4.78, 5) is 8.54. The van der Waals surface area contributed by atoms with Gasteiger partial charge in [-0.2, -0.15) is 5.10 Å². The molecule has 0 fully saturated rings. The van der Waals surface area contributed by atoms with Crippen molar-refractivity contribution in [1.82, 2.24) is 19.7 Å². The summed E-state index contributed by atoms with van der Waals surface area (Å²) < 4.78 is 14.4. The molecule has 0 saturated carbocycles. The zero-order chi connectivity index (χ0) is 12.3. The van der Waals surface area contributed by atoms with Crippen LogP contribution in [0.2, 0.25) is 0 Å². The Balaban J connectivity index is 2.24. The first kappa shape index (κ1) is 11.7. The Kier molecular flexibility index (Phi) is 3.46. The van der Waals surface area contributed by atoms with Gasteiger partial charge in [0, 0.05) is 12.4 Å². The van der Waals surface area contributed by atoms with Crippen LogP contribution in [0, 0.1) is 0 Å². The molecule has 2 heterocycles. The van der Waals surface area contributed by atoms with Crippen molar-refractivity contribution < 1.29 is 4.39 Å². The third-order valence-corrected chi connectivity index (χ3v) is 2.39. The second kappa shape index (κ2) is 5.03. The van der Waals surface area contributed by atoms with E-state index >= 15 is 0 Å². The third-order valence-electron chi connectivity index (χ3n) is 2.39. The highest BCUT2D eigenvalue weighted by Gasteiger charge is 2.07. The van der Waals surface area contributed by atoms with Crippen molar-refractivity contribution in [1.29, 1.82) is 0 Å². The topological polar surface area (TPSA) is 43.6 Å². The molecular weight excluding hydrogens is 219 g/mol. The summed E-state index contributed by atoms with van der Waals surface area (Å²) in [5.41, 5.74) is 2.39. The van der Waals surface area contributed by atoms with Crippen LogP contribution in [-0.2, 0) is 13.0 Å². The minimum atomic E-state index is -0.907. The van der Waals surface area contributed by atoms with E-state index in [0.717, 1.165) is 23.5 Å². The molecule has 4 nitrogen and oxygen atoms in total. The van der Waals surface area contributed by atoms with Crippen LogP contribution in [0.3, 0.4) is 0 Å². The molecule has 0 spiro atoms. The molecule has 0 aliphatic rings. The lowest BCUT2D eigenvalue weighted by Crippen LogP contribution is -2.08. The van der Waals surface area contributed by atoms with Crippen LogP contribution in [0.25, 0.3) is 11.4 Å².